The normalized spacial score (nSPS) is 14.2. The third kappa shape index (κ3) is 6.93. The summed E-state index contributed by atoms with van der Waals surface area (Å²) in [5.74, 6) is 0.858. The van der Waals surface area contributed by atoms with Crippen molar-refractivity contribution in [1.29, 1.82) is 0 Å². The molecule has 2 unspecified atom stereocenters. The lowest BCUT2D eigenvalue weighted by Crippen LogP contribution is -2.31. The highest BCUT2D eigenvalue weighted by Gasteiger charge is 2.16. The van der Waals surface area contributed by atoms with E-state index in [4.69, 9.17) is 14.2 Å². The largest absolute Gasteiger partial charge is 0.497 e. The van der Waals surface area contributed by atoms with Crippen LogP contribution in [0.2, 0.25) is 0 Å². The van der Waals surface area contributed by atoms with Crippen molar-refractivity contribution in [3.63, 3.8) is 0 Å². The zero-order valence-electron chi connectivity index (χ0n) is 13.9. The van der Waals surface area contributed by atoms with Gasteiger partial charge in [0.2, 0.25) is 0 Å². The van der Waals surface area contributed by atoms with Crippen molar-refractivity contribution in [1.82, 2.24) is 5.32 Å². The van der Waals surface area contributed by atoms with E-state index >= 15 is 0 Å². The van der Waals surface area contributed by atoms with Crippen LogP contribution in [0.25, 0.3) is 0 Å². The van der Waals surface area contributed by atoms with Gasteiger partial charge in [-0.15, -0.1) is 0 Å². The molecule has 1 rings (SSSR count). The Morgan fingerprint density at radius 1 is 1.10 bits per heavy atom. The molecule has 0 aromatic heterocycles. The molecule has 4 heteroatoms. The molecule has 0 aliphatic heterocycles. The van der Waals surface area contributed by atoms with Gasteiger partial charge in [0.1, 0.15) is 5.75 Å². The third-order valence-electron chi connectivity index (χ3n) is 3.15. The molecular weight excluding hydrogens is 266 g/mol. The van der Waals surface area contributed by atoms with Crippen molar-refractivity contribution in [3.8, 4) is 5.75 Å². The summed E-state index contributed by atoms with van der Waals surface area (Å²) in [7, 11) is 1.67. The molecule has 2 atom stereocenters. The first-order valence-electron chi connectivity index (χ1n) is 7.67. The minimum absolute atomic E-state index is 0.00811. The second-order valence-electron chi connectivity index (χ2n) is 5.43. The summed E-state index contributed by atoms with van der Waals surface area (Å²) in [6.07, 6.45) is 0.0692. The molecule has 0 radical (unpaired) electrons. The van der Waals surface area contributed by atoms with E-state index in [-0.39, 0.29) is 12.2 Å². The first-order chi connectivity index (χ1) is 10.1. The lowest BCUT2D eigenvalue weighted by Gasteiger charge is -2.24. The SMILES string of the molecule is CCOCC(C)OC(CNC(C)C)c1ccc(OC)cc1. The van der Waals surface area contributed by atoms with Crippen LogP contribution < -0.4 is 10.1 Å². The van der Waals surface area contributed by atoms with Gasteiger partial charge in [-0.05, 0) is 31.5 Å². The van der Waals surface area contributed by atoms with Crippen molar-refractivity contribution < 1.29 is 14.2 Å². The van der Waals surface area contributed by atoms with Crippen LogP contribution in [0.15, 0.2) is 24.3 Å². The van der Waals surface area contributed by atoms with Crippen molar-refractivity contribution in [3.05, 3.63) is 29.8 Å². The van der Waals surface area contributed by atoms with E-state index in [1.54, 1.807) is 7.11 Å². The van der Waals surface area contributed by atoms with Gasteiger partial charge < -0.3 is 19.5 Å². The highest BCUT2D eigenvalue weighted by Crippen LogP contribution is 2.22. The number of nitrogens with one attached hydrogen (secondary N) is 1. The van der Waals surface area contributed by atoms with Gasteiger partial charge in [0.25, 0.3) is 0 Å². The zero-order chi connectivity index (χ0) is 15.7. The van der Waals surface area contributed by atoms with Gasteiger partial charge in [-0.25, -0.2) is 0 Å². The van der Waals surface area contributed by atoms with Crippen LogP contribution in [0.5, 0.6) is 5.75 Å². The molecule has 0 amide bonds. The maximum atomic E-state index is 6.13. The average molecular weight is 295 g/mol. The molecular formula is C17H29NO3. The van der Waals surface area contributed by atoms with Crippen LogP contribution in [0.3, 0.4) is 0 Å². The van der Waals surface area contributed by atoms with Gasteiger partial charge in [-0.1, -0.05) is 26.0 Å². The number of hydrogen-bond donors (Lipinski definition) is 1. The maximum Gasteiger partial charge on any atom is 0.118 e. The second-order valence-corrected chi connectivity index (χ2v) is 5.43. The van der Waals surface area contributed by atoms with Gasteiger partial charge in [0, 0.05) is 19.2 Å². The van der Waals surface area contributed by atoms with Gasteiger partial charge in [0.15, 0.2) is 0 Å². The zero-order valence-corrected chi connectivity index (χ0v) is 13.9. The third-order valence-corrected chi connectivity index (χ3v) is 3.15. The molecule has 0 heterocycles. The fraction of sp³-hybridized carbons (Fsp3) is 0.647. The Morgan fingerprint density at radius 3 is 2.29 bits per heavy atom. The number of ether oxygens (including phenoxy) is 3. The van der Waals surface area contributed by atoms with Crippen LogP contribution in [0, 0.1) is 0 Å². The van der Waals surface area contributed by atoms with E-state index in [0.29, 0.717) is 19.3 Å². The smallest absolute Gasteiger partial charge is 0.118 e. The van der Waals surface area contributed by atoms with Crippen LogP contribution in [0.4, 0.5) is 0 Å². The van der Waals surface area contributed by atoms with Crippen molar-refractivity contribution >= 4 is 0 Å². The Kier molecular flexibility index (Phi) is 8.35. The molecule has 1 N–H and O–H groups in total. The van der Waals surface area contributed by atoms with Crippen LogP contribution >= 0.6 is 0 Å². The van der Waals surface area contributed by atoms with Crippen molar-refractivity contribution in [2.75, 3.05) is 26.9 Å². The summed E-state index contributed by atoms with van der Waals surface area (Å²) >= 11 is 0. The molecule has 0 fully saturated rings. The molecule has 0 aliphatic rings. The fourth-order valence-corrected chi connectivity index (χ4v) is 2.01. The topological polar surface area (TPSA) is 39.7 Å². The van der Waals surface area contributed by atoms with Gasteiger partial charge >= 0.3 is 0 Å². The van der Waals surface area contributed by atoms with Crippen LogP contribution in [0.1, 0.15) is 39.4 Å². The minimum atomic E-state index is 0.00811. The number of rotatable bonds is 10. The first-order valence-corrected chi connectivity index (χ1v) is 7.67. The summed E-state index contributed by atoms with van der Waals surface area (Å²) in [6, 6.07) is 8.47. The van der Waals surface area contributed by atoms with E-state index in [0.717, 1.165) is 17.9 Å². The summed E-state index contributed by atoms with van der Waals surface area (Å²) < 4.78 is 16.8. The molecule has 21 heavy (non-hydrogen) atoms. The minimum Gasteiger partial charge on any atom is -0.497 e. The predicted molar refractivity (Wildman–Crippen MR) is 85.9 cm³/mol. The van der Waals surface area contributed by atoms with E-state index in [1.165, 1.54) is 0 Å². The van der Waals surface area contributed by atoms with Crippen molar-refractivity contribution in [2.24, 2.45) is 0 Å². The Morgan fingerprint density at radius 2 is 1.76 bits per heavy atom. The molecule has 0 aliphatic carbocycles. The standard InChI is InChI=1S/C17H29NO3/c1-6-20-12-14(4)21-17(11-18-13(2)3)15-7-9-16(19-5)10-8-15/h7-10,13-14,17-18H,6,11-12H2,1-5H3. The fourth-order valence-electron chi connectivity index (χ4n) is 2.01. The summed E-state index contributed by atoms with van der Waals surface area (Å²) in [4.78, 5) is 0. The monoisotopic (exact) mass is 295 g/mol. The van der Waals surface area contributed by atoms with Crippen LogP contribution in [-0.4, -0.2) is 39.0 Å². The van der Waals surface area contributed by atoms with E-state index in [9.17, 15) is 0 Å². The number of hydrogen-bond acceptors (Lipinski definition) is 4. The predicted octanol–water partition coefficient (Wildman–Crippen LogP) is 3.18. The molecule has 120 valence electrons. The highest BCUT2D eigenvalue weighted by molar-refractivity contribution is 5.28. The van der Waals surface area contributed by atoms with Gasteiger partial charge in [0.05, 0.1) is 25.9 Å². The Hall–Kier alpha value is -1.10. The molecule has 0 saturated heterocycles. The van der Waals surface area contributed by atoms with Crippen LogP contribution in [-0.2, 0) is 9.47 Å². The molecule has 0 spiro atoms. The molecule has 0 bridgehead atoms. The molecule has 4 nitrogen and oxygen atoms in total. The maximum absolute atomic E-state index is 6.13. The summed E-state index contributed by atoms with van der Waals surface area (Å²) in [5, 5.41) is 3.44. The Labute approximate surface area is 128 Å². The van der Waals surface area contributed by atoms with E-state index < -0.39 is 0 Å². The van der Waals surface area contributed by atoms with Gasteiger partial charge in [-0.2, -0.15) is 0 Å². The lowest BCUT2D eigenvalue weighted by molar-refractivity contribution is -0.0475. The molecule has 0 saturated carbocycles. The Balaban J connectivity index is 2.69. The average Bonchev–Trinajstić information content (AvgIpc) is 2.49. The summed E-state index contributed by atoms with van der Waals surface area (Å²) in [5.41, 5.74) is 1.15. The van der Waals surface area contributed by atoms with E-state index in [2.05, 4.69) is 31.3 Å². The molecule has 1 aromatic carbocycles. The Bertz CT molecular complexity index is 378. The van der Waals surface area contributed by atoms with E-state index in [1.807, 2.05) is 26.0 Å². The number of benzene rings is 1. The molecule has 1 aromatic rings. The van der Waals surface area contributed by atoms with Crippen molar-refractivity contribution in [2.45, 2.75) is 45.9 Å². The lowest BCUT2D eigenvalue weighted by atomic mass is 10.1. The van der Waals surface area contributed by atoms with Gasteiger partial charge in [-0.3, -0.25) is 0 Å². The quantitative estimate of drug-likeness (QED) is 0.719. The second kappa shape index (κ2) is 9.77. The first kappa shape index (κ1) is 18.0. The number of methoxy groups -OCH3 is 1. The summed E-state index contributed by atoms with van der Waals surface area (Å²) in [6.45, 7) is 10.4. The highest BCUT2D eigenvalue weighted by atomic mass is 16.5.